The minimum atomic E-state index is -1.59. The Morgan fingerprint density at radius 2 is 1.74 bits per heavy atom. The molecule has 5 N–H and O–H groups in total. The lowest BCUT2D eigenvalue weighted by Gasteiger charge is -2.39. The van der Waals surface area contributed by atoms with E-state index in [1.807, 2.05) is 0 Å². The minimum Gasteiger partial charge on any atom is -0.504 e. The second-order valence-corrected chi connectivity index (χ2v) is 7.65. The van der Waals surface area contributed by atoms with Crippen LogP contribution in [0.5, 0.6) is 23.0 Å². The van der Waals surface area contributed by atoms with Gasteiger partial charge in [0.1, 0.15) is 42.0 Å². The summed E-state index contributed by atoms with van der Waals surface area (Å²) < 4.78 is 26.8. The predicted octanol–water partition coefficient (Wildman–Crippen LogP) is 0.361. The molecular weight excluding hydrogens is 452 g/mol. The van der Waals surface area contributed by atoms with Gasteiger partial charge in [-0.25, -0.2) is 0 Å². The van der Waals surface area contributed by atoms with Crippen molar-refractivity contribution in [1.82, 2.24) is 0 Å². The van der Waals surface area contributed by atoms with Gasteiger partial charge >= 0.3 is 0 Å². The van der Waals surface area contributed by atoms with E-state index in [1.54, 1.807) is 6.07 Å². The molecule has 1 aromatic heterocycles. The molecule has 11 heteroatoms. The lowest BCUT2D eigenvalue weighted by Crippen LogP contribution is -2.60. The predicted molar refractivity (Wildman–Crippen MR) is 117 cm³/mol. The maximum atomic E-state index is 13.1. The largest absolute Gasteiger partial charge is 0.504 e. The Balaban J connectivity index is 1.66. The summed E-state index contributed by atoms with van der Waals surface area (Å²) in [6, 6.07) is 7.30. The Morgan fingerprint density at radius 1 is 0.971 bits per heavy atom. The third kappa shape index (κ3) is 4.04. The number of aliphatic hydroxyl groups excluding tert-OH is 4. The molecule has 0 bridgehead atoms. The highest BCUT2D eigenvalue weighted by atomic mass is 16.7. The molecule has 34 heavy (non-hydrogen) atoms. The average Bonchev–Trinajstić information content (AvgIpc) is 2.84. The molecule has 5 atom stereocenters. The van der Waals surface area contributed by atoms with Crippen molar-refractivity contribution >= 4 is 11.0 Å². The van der Waals surface area contributed by atoms with Crippen LogP contribution >= 0.6 is 0 Å². The van der Waals surface area contributed by atoms with Crippen LogP contribution in [0.4, 0.5) is 0 Å². The van der Waals surface area contributed by atoms with Gasteiger partial charge in [0.05, 0.1) is 31.8 Å². The smallest absolute Gasteiger partial charge is 0.229 e. The second-order valence-electron chi connectivity index (χ2n) is 7.65. The van der Waals surface area contributed by atoms with Crippen molar-refractivity contribution < 1.29 is 48.9 Å². The molecule has 0 saturated carbocycles. The molecule has 4 rings (SSSR count). The van der Waals surface area contributed by atoms with Crippen LogP contribution in [0.2, 0.25) is 0 Å². The van der Waals surface area contributed by atoms with E-state index < -0.39 is 42.7 Å². The van der Waals surface area contributed by atoms with Crippen LogP contribution in [0.1, 0.15) is 0 Å². The fourth-order valence-electron chi connectivity index (χ4n) is 3.79. The molecule has 3 aromatic rings. The molecule has 1 fully saturated rings. The Labute approximate surface area is 192 Å². The summed E-state index contributed by atoms with van der Waals surface area (Å²) in [7, 11) is 2.78. The monoisotopic (exact) mass is 476 g/mol. The number of aliphatic hydroxyl groups is 4. The lowest BCUT2D eigenvalue weighted by molar-refractivity contribution is -0.277. The molecule has 1 aliphatic heterocycles. The molecule has 0 radical (unpaired) electrons. The first kappa shape index (κ1) is 23.8. The van der Waals surface area contributed by atoms with Crippen molar-refractivity contribution in [2.45, 2.75) is 30.7 Å². The second kappa shape index (κ2) is 9.49. The lowest BCUT2D eigenvalue weighted by atomic mass is 9.99. The van der Waals surface area contributed by atoms with Crippen LogP contribution in [0.15, 0.2) is 45.8 Å². The molecular formula is C23H24O11. The first-order valence-corrected chi connectivity index (χ1v) is 10.3. The van der Waals surface area contributed by atoms with Gasteiger partial charge in [-0.15, -0.1) is 0 Å². The number of fused-ring (bicyclic) bond motifs is 1. The van der Waals surface area contributed by atoms with E-state index in [0.29, 0.717) is 5.75 Å². The van der Waals surface area contributed by atoms with E-state index in [-0.39, 0.29) is 39.3 Å². The van der Waals surface area contributed by atoms with E-state index in [2.05, 4.69) is 0 Å². The van der Waals surface area contributed by atoms with Crippen molar-refractivity contribution in [3.8, 4) is 34.1 Å². The van der Waals surface area contributed by atoms with Crippen LogP contribution in [0, 0.1) is 0 Å². The number of ether oxygens (including phenoxy) is 4. The molecule has 0 amide bonds. The molecule has 1 saturated heterocycles. The minimum absolute atomic E-state index is 0.0720. The molecule has 2 aromatic carbocycles. The van der Waals surface area contributed by atoms with Gasteiger partial charge in [0.2, 0.25) is 17.5 Å². The molecule has 11 nitrogen and oxygen atoms in total. The zero-order chi connectivity index (χ0) is 24.6. The number of hydrogen-bond acceptors (Lipinski definition) is 11. The summed E-state index contributed by atoms with van der Waals surface area (Å²) in [5, 5.41) is 50.0. The molecule has 0 spiro atoms. The molecule has 182 valence electrons. The van der Waals surface area contributed by atoms with Gasteiger partial charge in [-0.05, 0) is 24.3 Å². The van der Waals surface area contributed by atoms with Gasteiger partial charge in [0, 0.05) is 11.6 Å². The van der Waals surface area contributed by atoms with Crippen LogP contribution < -0.4 is 19.6 Å². The van der Waals surface area contributed by atoms with Gasteiger partial charge in [-0.3, -0.25) is 4.79 Å². The number of aromatic hydroxyl groups is 1. The van der Waals surface area contributed by atoms with E-state index in [4.69, 9.17) is 23.4 Å². The topological polar surface area (TPSA) is 168 Å². The number of phenols is 1. The first-order chi connectivity index (χ1) is 16.3. The van der Waals surface area contributed by atoms with Gasteiger partial charge in [0.25, 0.3) is 0 Å². The maximum Gasteiger partial charge on any atom is 0.229 e. The van der Waals surface area contributed by atoms with Crippen molar-refractivity contribution in [1.29, 1.82) is 0 Å². The van der Waals surface area contributed by atoms with Crippen LogP contribution in [0.25, 0.3) is 22.1 Å². The average molecular weight is 476 g/mol. The summed E-state index contributed by atoms with van der Waals surface area (Å²) in [6.07, 6.45) is -6.02. The van der Waals surface area contributed by atoms with Crippen molar-refractivity contribution in [2.75, 3.05) is 20.8 Å². The zero-order valence-electron chi connectivity index (χ0n) is 18.2. The summed E-state index contributed by atoms with van der Waals surface area (Å²) in [5.74, 6) is 0.226. The Bertz CT molecular complexity index is 1240. The summed E-state index contributed by atoms with van der Waals surface area (Å²) in [5.41, 5.74) is 0.00228. The molecule has 0 aliphatic carbocycles. The highest BCUT2D eigenvalue weighted by molar-refractivity contribution is 5.85. The van der Waals surface area contributed by atoms with Gasteiger partial charge in [-0.1, -0.05) is 0 Å². The Kier molecular flexibility index (Phi) is 6.64. The van der Waals surface area contributed by atoms with Crippen LogP contribution in [0.3, 0.4) is 0 Å². The highest BCUT2D eigenvalue weighted by Gasteiger charge is 2.44. The quantitative estimate of drug-likeness (QED) is 0.333. The normalized spacial score (nSPS) is 24.7. The standard InChI is InChI=1S/C23H24O11/c1-30-14-6-5-11(18(26)22(14)31-2)13-9-32-15-7-10(3-4-12(15)17(13)25)33-23-21(29)20(28)19(27)16(8-24)34-23/h3-7,9,16,19-21,23-24,26-29H,8H2,1-2H3/t16?,19-,20+,21?,23-/m1/s1. The number of methoxy groups -OCH3 is 2. The SMILES string of the molecule is COc1ccc(-c2coc3cc(O[C@@H]4OC(CO)[C@@H](O)[C@H](O)C4O)ccc3c2=O)c(O)c1OC. The Morgan fingerprint density at radius 3 is 2.41 bits per heavy atom. The fraction of sp³-hybridized carbons (Fsp3) is 0.348. The van der Waals surface area contributed by atoms with E-state index >= 15 is 0 Å². The zero-order valence-corrected chi connectivity index (χ0v) is 18.2. The molecule has 2 heterocycles. The van der Waals surface area contributed by atoms with E-state index in [1.165, 1.54) is 44.7 Å². The van der Waals surface area contributed by atoms with E-state index in [9.17, 15) is 30.3 Å². The number of benzene rings is 2. The molecule has 2 unspecified atom stereocenters. The number of phenolic OH excluding ortho intramolecular Hbond substituents is 1. The number of hydrogen-bond donors (Lipinski definition) is 5. The molecule has 1 aliphatic rings. The van der Waals surface area contributed by atoms with Gasteiger partial charge < -0.3 is 48.9 Å². The van der Waals surface area contributed by atoms with Crippen LogP contribution in [-0.2, 0) is 4.74 Å². The van der Waals surface area contributed by atoms with Gasteiger partial charge in [-0.2, -0.15) is 0 Å². The van der Waals surface area contributed by atoms with Crippen molar-refractivity contribution in [3.05, 3.63) is 46.8 Å². The third-order valence-corrected chi connectivity index (χ3v) is 5.66. The third-order valence-electron chi connectivity index (χ3n) is 5.66. The van der Waals surface area contributed by atoms with Crippen LogP contribution in [-0.4, -0.2) is 77.1 Å². The maximum absolute atomic E-state index is 13.1. The van der Waals surface area contributed by atoms with Crippen molar-refractivity contribution in [3.63, 3.8) is 0 Å². The summed E-state index contributed by atoms with van der Waals surface area (Å²) >= 11 is 0. The first-order valence-electron chi connectivity index (χ1n) is 10.3. The van der Waals surface area contributed by atoms with Gasteiger partial charge in [0.15, 0.2) is 11.5 Å². The number of rotatable bonds is 6. The van der Waals surface area contributed by atoms with Crippen molar-refractivity contribution in [2.24, 2.45) is 0 Å². The highest BCUT2D eigenvalue weighted by Crippen LogP contribution is 2.43. The Hall–Kier alpha value is -3.35. The summed E-state index contributed by atoms with van der Waals surface area (Å²) in [4.78, 5) is 13.1. The fourth-order valence-corrected chi connectivity index (χ4v) is 3.79. The summed E-state index contributed by atoms with van der Waals surface area (Å²) in [6.45, 7) is -0.594. The van der Waals surface area contributed by atoms with E-state index in [0.717, 1.165) is 0 Å².